The van der Waals surface area contributed by atoms with E-state index < -0.39 is 0 Å². The second-order valence-electron chi connectivity index (χ2n) is 4.11. The lowest BCUT2D eigenvalue weighted by Crippen LogP contribution is -2.29. The van der Waals surface area contributed by atoms with E-state index in [1.165, 1.54) is 0 Å². The van der Waals surface area contributed by atoms with Crippen molar-refractivity contribution in [3.63, 3.8) is 0 Å². The predicted octanol–water partition coefficient (Wildman–Crippen LogP) is 2.16. The van der Waals surface area contributed by atoms with Crippen molar-refractivity contribution in [3.8, 4) is 0 Å². The van der Waals surface area contributed by atoms with Crippen molar-refractivity contribution in [2.75, 3.05) is 25.0 Å². The smallest absolute Gasteiger partial charge is 0.270 e. The normalized spacial score (nSPS) is 19.6. The van der Waals surface area contributed by atoms with Crippen LogP contribution in [0.15, 0.2) is 22.7 Å². The standard InChI is InChI=1S/C11H14BrN3O2/c1-13-8-4-5-14(7-8)11-3-2-9(15(16)17)6-10(11)12/h2-3,6,8,13H,4-5,7H2,1H3. The number of hydrogen-bond acceptors (Lipinski definition) is 4. The molecule has 0 bridgehead atoms. The molecule has 0 aliphatic carbocycles. The number of nitrogens with one attached hydrogen (secondary N) is 1. The Morgan fingerprint density at radius 2 is 2.35 bits per heavy atom. The molecule has 1 N–H and O–H groups in total. The summed E-state index contributed by atoms with van der Waals surface area (Å²) in [5.41, 5.74) is 1.14. The number of anilines is 1. The van der Waals surface area contributed by atoms with Gasteiger partial charge in [-0.3, -0.25) is 10.1 Å². The molecular formula is C11H14BrN3O2. The summed E-state index contributed by atoms with van der Waals surface area (Å²) in [6.07, 6.45) is 1.10. The number of rotatable bonds is 3. The van der Waals surface area contributed by atoms with Crippen molar-refractivity contribution >= 4 is 27.3 Å². The number of nitro groups is 1. The Morgan fingerprint density at radius 1 is 1.59 bits per heavy atom. The minimum absolute atomic E-state index is 0.116. The van der Waals surface area contributed by atoms with Crippen LogP contribution in [0, 0.1) is 10.1 Å². The highest BCUT2D eigenvalue weighted by atomic mass is 79.9. The van der Waals surface area contributed by atoms with Crippen LogP contribution in [0.25, 0.3) is 0 Å². The molecule has 17 heavy (non-hydrogen) atoms. The summed E-state index contributed by atoms with van der Waals surface area (Å²) in [5, 5.41) is 13.9. The first-order valence-electron chi connectivity index (χ1n) is 5.48. The lowest BCUT2D eigenvalue weighted by Gasteiger charge is -2.19. The van der Waals surface area contributed by atoms with Crippen LogP contribution in [0.5, 0.6) is 0 Å². The highest BCUT2D eigenvalue weighted by Crippen LogP contribution is 2.32. The Balaban J connectivity index is 2.20. The van der Waals surface area contributed by atoms with Crippen LogP contribution in [0.2, 0.25) is 0 Å². The molecule has 1 fully saturated rings. The van der Waals surface area contributed by atoms with Gasteiger partial charge in [0.2, 0.25) is 0 Å². The van der Waals surface area contributed by atoms with Crippen molar-refractivity contribution in [3.05, 3.63) is 32.8 Å². The summed E-state index contributed by atoms with van der Waals surface area (Å²) < 4.78 is 0.781. The molecule has 0 spiro atoms. The van der Waals surface area contributed by atoms with Gasteiger partial charge in [-0.25, -0.2) is 0 Å². The average Bonchev–Trinajstić information content (AvgIpc) is 2.77. The Kier molecular flexibility index (Phi) is 3.63. The highest BCUT2D eigenvalue weighted by molar-refractivity contribution is 9.10. The number of likely N-dealkylation sites (N-methyl/N-ethyl adjacent to an activating group) is 1. The van der Waals surface area contributed by atoms with Gasteiger partial charge in [0.25, 0.3) is 5.69 Å². The number of nitrogens with zero attached hydrogens (tertiary/aromatic N) is 2. The zero-order valence-corrected chi connectivity index (χ0v) is 11.1. The summed E-state index contributed by atoms with van der Waals surface area (Å²) >= 11 is 3.40. The zero-order valence-electron chi connectivity index (χ0n) is 9.52. The fourth-order valence-electron chi connectivity index (χ4n) is 2.08. The molecule has 0 radical (unpaired) electrons. The van der Waals surface area contributed by atoms with Crippen LogP contribution in [-0.4, -0.2) is 31.1 Å². The van der Waals surface area contributed by atoms with Crippen molar-refractivity contribution in [2.45, 2.75) is 12.5 Å². The number of non-ortho nitro benzene ring substituents is 1. The monoisotopic (exact) mass is 299 g/mol. The molecule has 92 valence electrons. The Bertz CT molecular complexity index is 439. The summed E-state index contributed by atoms with van der Waals surface area (Å²) in [5.74, 6) is 0. The molecule has 1 aromatic rings. The topological polar surface area (TPSA) is 58.4 Å². The first-order valence-corrected chi connectivity index (χ1v) is 6.27. The molecular weight excluding hydrogens is 286 g/mol. The molecule has 2 rings (SSSR count). The average molecular weight is 300 g/mol. The number of benzene rings is 1. The van der Waals surface area contributed by atoms with Gasteiger partial charge in [0, 0.05) is 35.7 Å². The van der Waals surface area contributed by atoms with Gasteiger partial charge < -0.3 is 10.2 Å². The fourth-order valence-corrected chi connectivity index (χ4v) is 2.70. The maximum absolute atomic E-state index is 10.6. The van der Waals surface area contributed by atoms with Gasteiger partial charge in [0.15, 0.2) is 0 Å². The SMILES string of the molecule is CNC1CCN(c2ccc([N+](=O)[O-])cc2Br)C1. The van der Waals surface area contributed by atoms with Crippen molar-refractivity contribution in [1.82, 2.24) is 5.32 Å². The van der Waals surface area contributed by atoms with Crippen LogP contribution >= 0.6 is 15.9 Å². The largest absolute Gasteiger partial charge is 0.369 e. The summed E-state index contributed by atoms with van der Waals surface area (Å²) in [6, 6.07) is 5.41. The quantitative estimate of drug-likeness (QED) is 0.686. The van der Waals surface area contributed by atoms with Crippen LogP contribution in [0.3, 0.4) is 0 Å². The zero-order chi connectivity index (χ0) is 12.4. The molecule has 1 aliphatic heterocycles. The predicted molar refractivity (Wildman–Crippen MR) is 70.5 cm³/mol. The minimum Gasteiger partial charge on any atom is -0.369 e. The van der Waals surface area contributed by atoms with E-state index in [1.807, 2.05) is 7.05 Å². The number of hydrogen-bond donors (Lipinski definition) is 1. The van der Waals surface area contributed by atoms with Gasteiger partial charge in [0.1, 0.15) is 0 Å². The lowest BCUT2D eigenvalue weighted by atomic mass is 10.2. The first kappa shape index (κ1) is 12.3. The van der Waals surface area contributed by atoms with Gasteiger partial charge in [-0.1, -0.05) is 0 Å². The molecule has 0 aromatic heterocycles. The third-order valence-electron chi connectivity index (χ3n) is 3.08. The fraction of sp³-hybridized carbons (Fsp3) is 0.455. The molecule has 1 atom stereocenters. The highest BCUT2D eigenvalue weighted by Gasteiger charge is 2.23. The summed E-state index contributed by atoms with van der Waals surface area (Å²) in [7, 11) is 1.96. The number of halogens is 1. The molecule has 1 unspecified atom stereocenters. The molecule has 1 aliphatic rings. The van der Waals surface area contributed by atoms with E-state index in [2.05, 4.69) is 26.1 Å². The van der Waals surface area contributed by atoms with E-state index in [0.717, 1.165) is 29.7 Å². The molecule has 6 heteroatoms. The molecule has 1 saturated heterocycles. The van der Waals surface area contributed by atoms with E-state index in [9.17, 15) is 10.1 Å². The van der Waals surface area contributed by atoms with Gasteiger partial charge in [0.05, 0.1) is 10.6 Å². The minimum atomic E-state index is -0.380. The Hall–Kier alpha value is -1.14. The Labute approximate surface area is 108 Å². The number of nitro benzene ring substituents is 1. The maximum Gasteiger partial charge on any atom is 0.270 e. The second kappa shape index (κ2) is 5.01. The van der Waals surface area contributed by atoms with E-state index in [0.29, 0.717) is 6.04 Å². The van der Waals surface area contributed by atoms with Gasteiger partial charge >= 0.3 is 0 Å². The van der Waals surface area contributed by atoms with Crippen molar-refractivity contribution < 1.29 is 4.92 Å². The summed E-state index contributed by atoms with van der Waals surface area (Å²) in [6.45, 7) is 1.91. The van der Waals surface area contributed by atoms with E-state index in [-0.39, 0.29) is 10.6 Å². The molecule has 1 aromatic carbocycles. The summed E-state index contributed by atoms with van der Waals surface area (Å²) in [4.78, 5) is 12.5. The molecule has 1 heterocycles. The van der Waals surface area contributed by atoms with E-state index >= 15 is 0 Å². The second-order valence-corrected chi connectivity index (χ2v) is 4.97. The first-order chi connectivity index (χ1) is 8.11. The third-order valence-corrected chi connectivity index (χ3v) is 3.71. The van der Waals surface area contributed by atoms with Crippen LogP contribution < -0.4 is 10.2 Å². The van der Waals surface area contributed by atoms with Crippen LogP contribution in [-0.2, 0) is 0 Å². The maximum atomic E-state index is 10.6. The van der Waals surface area contributed by atoms with Gasteiger partial charge in [-0.2, -0.15) is 0 Å². The van der Waals surface area contributed by atoms with Gasteiger partial charge in [-0.05, 0) is 35.5 Å². The van der Waals surface area contributed by atoms with E-state index in [1.54, 1.807) is 18.2 Å². The van der Waals surface area contributed by atoms with Crippen LogP contribution in [0.4, 0.5) is 11.4 Å². The van der Waals surface area contributed by atoms with Crippen molar-refractivity contribution in [2.24, 2.45) is 0 Å². The van der Waals surface area contributed by atoms with Gasteiger partial charge in [-0.15, -0.1) is 0 Å². The van der Waals surface area contributed by atoms with Crippen LogP contribution in [0.1, 0.15) is 6.42 Å². The Morgan fingerprint density at radius 3 is 2.88 bits per heavy atom. The molecule has 0 amide bonds. The lowest BCUT2D eigenvalue weighted by molar-refractivity contribution is -0.384. The molecule has 0 saturated carbocycles. The third kappa shape index (κ3) is 2.58. The van der Waals surface area contributed by atoms with Crippen molar-refractivity contribution in [1.29, 1.82) is 0 Å². The van der Waals surface area contributed by atoms with E-state index in [4.69, 9.17) is 0 Å². The molecule has 5 nitrogen and oxygen atoms in total.